The maximum absolute atomic E-state index is 12.9. The van der Waals surface area contributed by atoms with Crippen molar-refractivity contribution in [1.82, 2.24) is 4.31 Å². The lowest BCUT2D eigenvalue weighted by Crippen LogP contribution is -2.55. The molecule has 118 valence electrons. The Morgan fingerprint density at radius 1 is 1.43 bits per heavy atom. The third-order valence-electron chi connectivity index (χ3n) is 3.55. The molecule has 1 aromatic carbocycles. The quantitative estimate of drug-likeness (QED) is 0.793. The average molecular weight is 334 g/mol. The van der Waals surface area contributed by atoms with Gasteiger partial charge in [-0.15, -0.1) is 11.6 Å². The van der Waals surface area contributed by atoms with E-state index < -0.39 is 15.6 Å². The van der Waals surface area contributed by atoms with E-state index in [-0.39, 0.29) is 10.8 Å². The predicted molar refractivity (Wildman–Crippen MR) is 81.3 cm³/mol. The number of benzene rings is 1. The number of morpholine rings is 1. The molecular weight excluding hydrogens is 314 g/mol. The maximum Gasteiger partial charge on any atom is 0.243 e. The highest BCUT2D eigenvalue weighted by Crippen LogP contribution is 2.30. The summed E-state index contributed by atoms with van der Waals surface area (Å²) in [5, 5.41) is 0. The van der Waals surface area contributed by atoms with E-state index in [4.69, 9.17) is 21.1 Å². The van der Waals surface area contributed by atoms with Crippen LogP contribution in [0.1, 0.15) is 19.4 Å². The lowest BCUT2D eigenvalue weighted by molar-refractivity contribution is -0.00771. The molecular formula is C14H20ClNO4S. The molecule has 1 aromatic rings. The number of ether oxygens (including phenoxy) is 2. The Morgan fingerprint density at radius 2 is 2.14 bits per heavy atom. The summed E-state index contributed by atoms with van der Waals surface area (Å²) in [6.45, 7) is 4.84. The molecule has 0 aromatic heterocycles. The van der Waals surface area contributed by atoms with E-state index in [1.54, 1.807) is 18.2 Å². The first-order chi connectivity index (χ1) is 9.82. The van der Waals surface area contributed by atoms with Gasteiger partial charge in [0.05, 0.1) is 36.6 Å². The highest BCUT2D eigenvalue weighted by molar-refractivity contribution is 7.89. The minimum Gasteiger partial charge on any atom is -0.496 e. The van der Waals surface area contributed by atoms with Gasteiger partial charge in [0.15, 0.2) is 0 Å². The second kappa shape index (κ2) is 6.12. The number of alkyl halides is 1. The summed E-state index contributed by atoms with van der Waals surface area (Å²) in [4.78, 5) is 0.230. The smallest absolute Gasteiger partial charge is 0.243 e. The third-order valence-corrected chi connectivity index (χ3v) is 5.95. The summed E-state index contributed by atoms with van der Waals surface area (Å²) in [5.41, 5.74) is 0.0873. The highest BCUT2D eigenvalue weighted by Gasteiger charge is 2.39. The van der Waals surface area contributed by atoms with Crippen molar-refractivity contribution in [3.8, 4) is 5.75 Å². The van der Waals surface area contributed by atoms with Gasteiger partial charge in [0.2, 0.25) is 10.0 Å². The van der Waals surface area contributed by atoms with Crippen LogP contribution in [0, 0.1) is 0 Å². The Bertz CT molecular complexity index is 615. The fourth-order valence-corrected chi connectivity index (χ4v) is 4.45. The fourth-order valence-electron chi connectivity index (χ4n) is 2.44. The topological polar surface area (TPSA) is 55.8 Å². The van der Waals surface area contributed by atoms with Gasteiger partial charge in [0, 0.05) is 12.1 Å². The molecule has 0 spiro atoms. The van der Waals surface area contributed by atoms with E-state index >= 15 is 0 Å². The summed E-state index contributed by atoms with van der Waals surface area (Å²) < 4.78 is 37.8. The molecule has 0 aliphatic carbocycles. The van der Waals surface area contributed by atoms with Crippen molar-refractivity contribution in [2.45, 2.75) is 30.2 Å². The molecule has 1 saturated heterocycles. The van der Waals surface area contributed by atoms with E-state index in [1.165, 1.54) is 11.4 Å². The molecule has 0 atom stereocenters. The molecule has 5 nitrogen and oxygen atoms in total. The Kier molecular flexibility index (Phi) is 4.82. The number of hydrogen-bond donors (Lipinski definition) is 0. The van der Waals surface area contributed by atoms with E-state index in [1.807, 2.05) is 13.8 Å². The standard InChI is InChI=1S/C14H20ClNO4S/c1-14(2)10-20-7-6-16(14)21(17,18)12-4-5-13(19-3)11(8-12)9-15/h4-5,8H,6-7,9-10H2,1-3H3. The van der Waals surface area contributed by atoms with Crippen LogP contribution >= 0.6 is 11.6 Å². The molecule has 7 heteroatoms. The number of halogens is 1. The zero-order valence-corrected chi connectivity index (χ0v) is 14.0. The summed E-state index contributed by atoms with van der Waals surface area (Å²) in [7, 11) is -2.06. The van der Waals surface area contributed by atoms with Crippen molar-refractivity contribution in [2.75, 3.05) is 26.9 Å². The number of sulfonamides is 1. The van der Waals surface area contributed by atoms with Crippen molar-refractivity contribution in [2.24, 2.45) is 0 Å². The van der Waals surface area contributed by atoms with Crippen LogP contribution in [0.3, 0.4) is 0 Å². The van der Waals surface area contributed by atoms with Crippen molar-refractivity contribution in [3.63, 3.8) is 0 Å². The second-order valence-corrected chi connectivity index (χ2v) is 7.68. The van der Waals surface area contributed by atoms with Crippen LogP contribution in [0.2, 0.25) is 0 Å². The molecule has 1 heterocycles. The third kappa shape index (κ3) is 3.18. The van der Waals surface area contributed by atoms with E-state index in [2.05, 4.69) is 0 Å². The first kappa shape index (κ1) is 16.5. The van der Waals surface area contributed by atoms with Crippen molar-refractivity contribution < 1.29 is 17.9 Å². The first-order valence-corrected chi connectivity index (χ1v) is 8.64. The Hall–Kier alpha value is -0.820. The van der Waals surface area contributed by atoms with Gasteiger partial charge in [-0.2, -0.15) is 4.31 Å². The lowest BCUT2D eigenvalue weighted by Gasteiger charge is -2.40. The van der Waals surface area contributed by atoms with Crippen molar-refractivity contribution >= 4 is 21.6 Å². The van der Waals surface area contributed by atoms with Gasteiger partial charge in [-0.1, -0.05) is 0 Å². The number of hydrogen-bond acceptors (Lipinski definition) is 4. The molecule has 1 aliphatic rings. The number of nitrogens with zero attached hydrogens (tertiary/aromatic N) is 1. The minimum atomic E-state index is -3.59. The summed E-state index contributed by atoms with van der Waals surface area (Å²) in [6.07, 6.45) is 0. The summed E-state index contributed by atoms with van der Waals surface area (Å²) in [6, 6.07) is 4.76. The summed E-state index contributed by atoms with van der Waals surface area (Å²) in [5.74, 6) is 0.782. The van der Waals surface area contributed by atoms with Crippen LogP contribution in [-0.2, 0) is 20.6 Å². The zero-order valence-electron chi connectivity index (χ0n) is 12.4. The predicted octanol–water partition coefficient (Wildman–Crippen LogP) is 2.23. The molecule has 1 aliphatic heterocycles. The lowest BCUT2D eigenvalue weighted by atomic mass is 10.1. The van der Waals surface area contributed by atoms with Crippen LogP contribution in [0.5, 0.6) is 5.75 Å². The largest absolute Gasteiger partial charge is 0.496 e. The van der Waals surface area contributed by atoms with Gasteiger partial charge in [-0.05, 0) is 32.0 Å². The van der Waals surface area contributed by atoms with Crippen LogP contribution in [0.15, 0.2) is 23.1 Å². The zero-order chi connectivity index (χ0) is 15.7. The SMILES string of the molecule is COc1ccc(S(=O)(=O)N2CCOCC2(C)C)cc1CCl. The normalized spacial score (nSPS) is 19.4. The highest BCUT2D eigenvalue weighted by atomic mass is 35.5. The Balaban J connectivity index is 2.44. The number of rotatable bonds is 4. The van der Waals surface area contributed by atoms with Gasteiger partial charge in [-0.25, -0.2) is 8.42 Å². The van der Waals surface area contributed by atoms with Crippen molar-refractivity contribution in [3.05, 3.63) is 23.8 Å². The Labute approximate surface area is 130 Å². The number of methoxy groups -OCH3 is 1. The van der Waals surface area contributed by atoms with Gasteiger partial charge < -0.3 is 9.47 Å². The van der Waals surface area contributed by atoms with E-state index in [9.17, 15) is 8.42 Å². The van der Waals surface area contributed by atoms with E-state index in [0.717, 1.165) is 0 Å². The molecule has 0 amide bonds. The van der Waals surface area contributed by atoms with Gasteiger partial charge in [0.25, 0.3) is 0 Å². The molecule has 0 radical (unpaired) electrons. The van der Waals surface area contributed by atoms with E-state index in [0.29, 0.717) is 31.1 Å². The van der Waals surface area contributed by atoms with Gasteiger partial charge >= 0.3 is 0 Å². The first-order valence-electron chi connectivity index (χ1n) is 6.66. The Morgan fingerprint density at radius 3 is 2.71 bits per heavy atom. The molecule has 2 rings (SSSR count). The van der Waals surface area contributed by atoms with Gasteiger partial charge in [-0.3, -0.25) is 0 Å². The summed E-state index contributed by atoms with van der Waals surface area (Å²) >= 11 is 5.87. The second-order valence-electron chi connectivity index (χ2n) is 5.55. The molecule has 0 bridgehead atoms. The van der Waals surface area contributed by atoms with Gasteiger partial charge in [0.1, 0.15) is 5.75 Å². The molecule has 0 unspecified atom stereocenters. The molecule has 0 saturated carbocycles. The maximum atomic E-state index is 12.9. The van der Waals surface area contributed by atoms with Crippen LogP contribution in [-0.4, -0.2) is 45.1 Å². The average Bonchev–Trinajstić information content (AvgIpc) is 2.45. The molecule has 1 fully saturated rings. The van der Waals surface area contributed by atoms with Crippen LogP contribution in [0.25, 0.3) is 0 Å². The van der Waals surface area contributed by atoms with Crippen molar-refractivity contribution in [1.29, 1.82) is 0 Å². The fraction of sp³-hybridized carbons (Fsp3) is 0.571. The monoisotopic (exact) mass is 333 g/mol. The van der Waals surface area contributed by atoms with Crippen LogP contribution in [0.4, 0.5) is 0 Å². The molecule has 0 N–H and O–H groups in total. The van der Waals surface area contributed by atoms with Crippen LogP contribution < -0.4 is 4.74 Å². The minimum absolute atomic E-state index is 0.193. The molecule has 21 heavy (non-hydrogen) atoms.